The fourth-order valence-electron chi connectivity index (χ4n) is 5.07. The molecule has 104 valence electrons. The second-order valence-electron chi connectivity index (χ2n) is 7.16. The van der Waals surface area contributed by atoms with Crippen LogP contribution in [0.3, 0.4) is 0 Å². The number of aliphatic carboxylic acids is 1. The lowest BCUT2D eigenvalue weighted by Gasteiger charge is -2.30. The first-order chi connectivity index (χ1) is 9.13. The molecule has 4 aliphatic rings. The largest absolute Gasteiger partial charge is 0.481 e. The van der Waals surface area contributed by atoms with Crippen LogP contribution in [-0.2, 0) is 9.59 Å². The van der Waals surface area contributed by atoms with Gasteiger partial charge in [-0.2, -0.15) is 0 Å². The van der Waals surface area contributed by atoms with E-state index >= 15 is 0 Å². The molecule has 0 saturated heterocycles. The van der Waals surface area contributed by atoms with Crippen molar-refractivity contribution >= 4 is 11.9 Å². The smallest absolute Gasteiger partial charge is 0.308 e. The first kappa shape index (κ1) is 11.7. The normalized spacial score (nSPS) is 50.0. The van der Waals surface area contributed by atoms with Gasteiger partial charge in [-0.3, -0.25) is 9.59 Å². The van der Waals surface area contributed by atoms with E-state index in [1.165, 1.54) is 6.42 Å². The van der Waals surface area contributed by atoms with Crippen LogP contribution in [0.1, 0.15) is 38.5 Å². The highest BCUT2D eigenvalue weighted by atomic mass is 16.4. The summed E-state index contributed by atoms with van der Waals surface area (Å²) in [5.74, 6) is 1.55. The minimum absolute atomic E-state index is 0.0966. The van der Waals surface area contributed by atoms with E-state index in [0.29, 0.717) is 11.8 Å². The maximum absolute atomic E-state index is 12.3. The summed E-state index contributed by atoms with van der Waals surface area (Å²) in [6, 6.07) is -0.0966. The molecule has 4 heteroatoms. The molecule has 0 aliphatic heterocycles. The standard InChI is InChI=1S/C15H21NO3/c17-14(11-5-9-4-10(9)6-11)16-13-8-2-1-7(3-8)12(13)15(18)19/h7-13H,1-6H2,(H,16,17)(H,18,19)/t7-,8+,9-,10+,11?,12+,13-/m1/s1. The molecule has 2 bridgehead atoms. The van der Waals surface area contributed by atoms with Crippen LogP contribution in [0.4, 0.5) is 0 Å². The van der Waals surface area contributed by atoms with Gasteiger partial charge in [0.15, 0.2) is 0 Å². The van der Waals surface area contributed by atoms with Crippen LogP contribution in [0, 0.1) is 35.5 Å². The quantitative estimate of drug-likeness (QED) is 0.813. The maximum atomic E-state index is 12.3. The van der Waals surface area contributed by atoms with Crippen LogP contribution in [0.15, 0.2) is 0 Å². The van der Waals surface area contributed by atoms with Crippen LogP contribution in [-0.4, -0.2) is 23.0 Å². The number of carbonyl (C=O) groups excluding carboxylic acids is 1. The van der Waals surface area contributed by atoms with Gasteiger partial charge in [-0.15, -0.1) is 0 Å². The summed E-state index contributed by atoms with van der Waals surface area (Å²) < 4.78 is 0. The summed E-state index contributed by atoms with van der Waals surface area (Å²) in [6.45, 7) is 0. The molecule has 4 saturated carbocycles. The summed E-state index contributed by atoms with van der Waals surface area (Å²) in [6.07, 6.45) is 6.51. The Morgan fingerprint density at radius 1 is 0.895 bits per heavy atom. The van der Waals surface area contributed by atoms with Gasteiger partial charge in [-0.05, 0) is 62.2 Å². The number of fused-ring (bicyclic) bond motifs is 3. The Morgan fingerprint density at radius 2 is 1.53 bits per heavy atom. The van der Waals surface area contributed by atoms with Crippen molar-refractivity contribution in [3.05, 3.63) is 0 Å². The Bertz CT molecular complexity index is 425. The number of amides is 1. The third-order valence-electron chi connectivity index (χ3n) is 6.12. The first-order valence-electron chi connectivity index (χ1n) is 7.66. The number of rotatable bonds is 3. The number of hydrogen-bond donors (Lipinski definition) is 2. The van der Waals surface area contributed by atoms with Crippen molar-refractivity contribution in [1.29, 1.82) is 0 Å². The minimum Gasteiger partial charge on any atom is -0.481 e. The summed E-state index contributed by atoms with van der Waals surface area (Å²) in [5.41, 5.74) is 0. The van der Waals surface area contributed by atoms with Crippen molar-refractivity contribution in [2.75, 3.05) is 0 Å². The zero-order chi connectivity index (χ0) is 13.1. The molecule has 1 amide bonds. The van der Waals surface area contributed by atoms with Gasteiger partial charge in [0.1, 0.15) is 0 Å². The van der Waals surface area contributed by atoms with Crippen molar-refractivity contribution in [1.82, 2.24) is 5.32 Å². The van der Waals surface area contributed by atoms with Crippen molar-refractivity contribution in [2.24, 2.45) is 35.5 Å². The van der Waals surface area contributed by atoms with Crippen LogP contribution in [0.25, 0.3) is 0 Å². The molecule has 0 spiro atoms. The molecular weight excluding hydrogens is 242 g/mol. The van der Waals surface area contributed by atoms with E-state index in [-0.39, 0.29) is 23.8 Å². The minimum atomic E-state index is -0.716. The van der Waals surface area contributed by atoms with Crippen LogP contribution in [0.2, 0.25) is 0 Å². The van der Waals surface area contributed by atoms with Gasteiger partial charge in [0.25, 0.3) is 0 Å². The van der Waals surface area contributed by atoms with E-state index in [2.05, 4.69) is 5.32 Å². The average Bonchev–Trinajstić information content (AvgIpc) is 2.81. The highest BCUT2D eigenvalue weighted by Gasteiger charge is 2.53. The van der Waals surface area contributed by atoms with Crippen LogP contribution in [0.5, 0.6) is 0 Å². The zero-order valence-electron chi connectivity index (χ0n) is 11.0. The molecule has 0 aromatic heterocycles. The molecular formula is C15H21NO3. The SMILES string of the molecule is O=C(N[C@@H]1[C@H]2CC[C@H](C2)[C@@H]1C(=O)O)C1C[C@@H]2C[C@@H]2C1. The first-order valence-corrected chi connectivity index (χ1v) is 7.66. The average molecular weight is 263 g/mol. The van der Waals surface area contributed by atoms with Gasteiger partial charge in [0, 0.05) is 12.0 Å². The maximum Gasteiger partial charge on any atom is 0.308 e. The molecule has 4 nitrogen and oxygen atoms in total. The van der Waals surface area contributed by atoms with Crippen molar-refractivity contribution in [3.63, 3.8) is 0 Å². The number of hydrogen-bond acceptors (Lipinski definition) is 2. The van der Waals surface area contributed by atoms with Gasteiger partial charge in [0.2, 0.25) is 5.91 Å². The van der Waals surface area contributed by atoms with E-state index < -0.39 is 5.97 Å². The third kappa shape index (κ3) is 1.79. The van der Waals surface area contributed by atoms with E-state index in [1.807, 2.05) is 0 Å². The Balaban J connectivity index is 1.43. The van der Waals surface area contributed by atoms with Gasteiger partial charge in [-0.25, -0.2) is 0 Å². The van der Waals surface area contributed by atoms with Gasteiger partial charge < -0.3 is 10.4 Å². The molecule has 4 aliphatic carbocycles. The predicted octanol–water partition coefficient (Wildman–Crippen LogP) is 1.65. The van der Waals surface area contributed by atoms with E-state index in [1.54, 1.807) is 0 Å². The van der Waals surface area contributed by atoms with Crippen LogP contribution < -0.4 is 5.32 Å². The lowest BCUT2D eigenvalue weighted by atomic mass is 9.84. The highest BCUT2D eigenvalue weighted by Crippen LogP contribution is 2.54. The summed E-state index contributed by atoms with van der Waals surface area (Å²) >= 11 is 0. The van der Waals surface area contributed by atoms with Crippen molar-refractivity contribution < 1.29 is 14.7 Å². The third-order valence-corrected chi connectivity index (χ3v) is 6.12. The Kier molecular flexibility index (Phi) is 2.45. The molecule has 19 heavy (non-hydrogen) atoms. The van der Waals surface area contributed by atoms with Crippen molar-refractivity contribution in [3.8, 4) is 0 Å². The molecule has 7 atom stereocenters. The summed E-state index contributed by atoms with van der Waals surface area (Å²) in [5, 5.41) is 12.5. The number of carboxylic acid groups (broad SMARTS) is 1. The summed E-state index contributed by atoms with van der Waals surface area (Å²) in [4.78, 5) is 23.7. The lowest BCUT2D eigenvalue weighted by molar-refractivity contribution is -0.145. The van der Waals surface area contributed by atoms with Gasteiger partial charge in [0.05, 0.1) is 5.92 Å². The fourth-order valence-corrected chi connectivity index (χ4v) is 5.07. The van der Waals surface area contributed by atoms with Crippen molar-refractivity contribution in [2.45, 2.75) is 44.6 Å². The zero-order valence-corrected chi connectivity index (χ0v) is 11.0. The predicted molar refractivity (Wildman–Crippen MR) is 68.2 cm³/mol. The molecule has 2 N–H and O–H groups in total. The molecule has 0 aromatic carbocycles. The molecule has 0 aromatic rings. The monoisotopic (exact) mass is 263 g/mol. The highest BCUT2D eigenvalue weighted by molar-refractivity contribution is 5.81. The Labute approximate surface area is 112 Å². The molecule has 4 fully saturated rings. The second-order valence-corrected chi connectivity index (χ2v) is 7.16. The van der Waals surface area contributed by atoms with Gasteiger partial charge in [-0.1, -0.05) is 0 Å². The molecule has 1 unspecified atom stereocenters. The number of carboxylic acids is 1. The Hall–Kier alpha value is -1.06. The lowest BCUT2D eigenvalue weighted by Crippen LogP contribution is -2.48. The van der Waals surface area contributed by atoms with E-state index in [4.69, 9.17) is 0 Å². The Morgan fingerprint density at radius 3 is 2.21 bits per heavy atom. The van der Waals surface area contributed by atoms with E-state index in [0.717, 1.165) is 43.9 Å². The number of carbonyl (C=O) groups is 2. The topological polar surface area (TPSA) is 66.4 Å². The van der Waals surface area contributed by atoms with E-state index in [9.17, 15) is 14.7 Å². The number of nitrogens with one attached hydrogen (secondary N) is 1. The van der Waals surface area contributed by atoms with Crippen LogP contribution >= 0.6 is 0 Å². The second kappa shape index (κ2) is 3.97. The molecule has 0 heterocycles. The van der Waals surface area contributed by atoms with Gasteiger partial charge >= 0.3 is 5.97 Å². The molecule has 0 radical (unpaired) electrons. The summed E-state index contributed by atoms with van der Waals surface area (Å²) in [7, 11) is 0. The molecule has 4 rings (SSSR count). The fraction of sp³-hybridized carbons (Fsp3) is 0.867.